The molecule has 0 fully saturated rings. The van der Waals surface area contributed by atoms with Crippen molar-refractivity contribution in [3.63, 3.8) is 0 Å². The zero-order valence-corrected chi connectivity index (χ0v) is 15.1. The van der Waals surface area contributed by atoms with Crippen LogP contribution in [0.2, 0.25) is 0 Å². The Morgan fingerprint density at radius 2 is 1.80 bits per heavy atom. The van der Waals surface area contributed by atoms with Crippen LogP contribution in [0.4, 0.5) is 0 Å². The van der Waals surface area contributed by atoms with Crippen LogP contribution in [0.3, 0.4) is 0 Å². The predicted octanol–water partition coefficient (Wildman–Crippen LogP) is 1.02. The second kappa shape index (κ2) is 9.51. The van der Waals surface area contributed by atoms with Crippen LogP contribution in [0.15, 0.2) is 18.2 Å². The fourth-order valence-electron chi connectivity index (χ4n) is 2.11. The summed E-state index contributed by atoms with van der Waals surface area (Å²) in [5.41, 5.74) is 4.94. The molecule has 1 rings (SSSR count). The molecule has 0 radical (unpaired) electrons. The van der Waals surface area contributed by atoms with Crippen molar-refractivity contribution in [2.45, 2.75) is 33.7 Å². The molecule has 3 amide bonds. The summed E-state index contributed by atoms with van der Waals surface area (Å²) < 4.78 is 10.6. The minimum absolute atomic E-state index is 0.133. The van der Waals surface area contributed by atoms with Crippen LogP contribution in [0, 0.1) is 5.92 Å². The lowest BCUT2D eigenvalue weighted by molar-refractivity contribution is -0.129. The number of carbonyl (C=O) groups is 3. The zero-order chi connectivity index (χ0) is 19.0. The van der Waals surface area contributed by atoms with Gasteiger partial charge in [-0.3, -0.25) is 25.2 Å². The Labute approximate surface area is 147 Å². The van der Waals surface area contributed by atoms with Crippen molar-refractivity contribution in [2.24, 2.45) is 5.92 Å². The van der Waals surface area contributed by atoms with Crippen molar-refractivity contribution in [3.8, 4) is 11.5 Å². The van der Waals surface area contributed by atoms with E-state index < -0.39 is 17.9 Å². The van der Waals surface area contributed by atoms with Crippen molar-refractivity contribution in [2.75, 3.05) is 13.7 Å². The number of nitrogens with one attached hydrogen (secondary N) is 3. The van der Waals surface area contributed by atoms with Gasteiger partial charge in [-0.1, -0.05) is 13.8 Å². The first-order chi connectivity index (χ1) is 11.8. The fourth-order valence-corrected chi connectivity index (χ4v) is 2.11. The Morgan fingerprint density at radius 1 is 1.12 bits per heavy atom. The summed E-state index contributed by atoms with van der Waals surface area (Å²) in [6, 6.07) is 3.95. The van der Waals surface area contributed by atoms with Crippen molar-refractivity contribution >= 4 is 17.7 Å². The van der Waals surface area contributed by atoms with Crippen molar-refractivity contribution < 1.29 is 23.9 Å². The number of benzene rings is 1. The van der Waals surface area contributed by atoms with E-state index in [0.717, 1.165) is 0 Å². The van der Waals surface area contributed by atoms with Gasteiger partial charge in [0.1, 0.15) is 6.04 Å². The van der Waals surface area contributed by atoms with Gasteiger partial charge in [-0.05, 0) is 31.0 Å². The molecule has 0 heterocycles. The number of ether oxygens (including phenoxy) is 2. The van der Waals surface area contributed by atoms with Crippen LogP contribution in [-0.2, 0) is 9.59 Å². The SMILES string of the molecule is CCOc1ccc(C(=O)NNC(=O)[C@@H](NC(C)=O)C(C)C)cc1OC. The Bertz CT molecular complexity index is 631. The van der Waals surface area contributed by atoms with Crippen LogP contribution in [0.1, 0.15) is 38.1 Å². The van der Waals surface area contributed by atoms with E-state index in [1.807, 2.05) is 6.92 Å². The topological polar surface area (TPSA) is 106 Å². The third-order valence-corrected chi connectivity index (χ3v) is 3.33. The molecular formula is C17H25N3O5. The average molecular weight is 351 g/mol. The van der Waals surface area contributed by atoms with Gasteiger partial charge in [-0.25, -0.2) is 0 Å². The molecule has 0 aliphatic carbocycles. The Hall–Kier alpha value is -2.77. The van der Waals surface area contributed by atoms with Gasteiger partial charge in [-0.2, -0.15) is 0 Å². The third kappa shape index (κ3) is 5.98. The molecule has 8 nitrogen and oxygen atoms in total. The molecule has 8 heteroatoms. The van der Waals surface area contributed by atoms with E-state index in [1.54, 1.807) is 26.0 Å². The molecule has 1 aromatic rings. The Morgan fingerprint density at radius 3 is 2.32 bits per heavy atom. The van der Waals surface area contributed by atoms with E-state index in [4.69, 9.17) is 9.47 Å². The summed E-state index contributed by atoms with van der Waals surface area (Å²) in [4.78, 5) is 35.5. The maximum Gasteiger partial charge on any atom is 0.269 e. The lowest BCUT2D eigenvalue weighted by Crippen LogP contribution is -2.54. The number of hydrazine groups is 1. The molecule has 0 saturated carbocycles. The first kappa shape index (κ1) is 20.3. The lowest BCUT2D eigenvalue weighted by atomic mass is 10.0. The summed E-state index contributed by atoms with van der Waals surface area (Å²) >= 11 is 0. The van der Waals surface area contributed by atoms with E-state index in [-0.39, 0.29) is 11.8 Å². The maximum atomic E-state index is 12.2. The second-order valence-corrected chi connectivity index (χ2v) is 5.66. The van der Waals surface area contributed by atoms with Crippen LogP contribution in [0.5, 0.6) is 11.5 Å². The van der Waals surface area contributed by atoms with Crippen LogP contribution in [0.25, 0.3) is 0 Å². The van der Waals surface area contributed by atoms with Crippen LogP contribution >= 0.6 is 0 Å². The zero-order valence-electron chi connectivity index (χ0n) is 15.1. The van der Waals surface area contributed by atoms with Gasteiger partial charge in [0, 0.05) is 12.5 Å². The molecule has 0 aromatic heterocycles. The molecule has 3 N–H and O–H groups in total. The van der Waals surface area contributed by atoms with E-state index in [0.29, 0.717) is 23.7 Å². The van der Waals surface area contributed by atoms with Gasteiger partial charge in [0.05, 0.1) is 13.7 Å². The maximum absolute atomic E-state index is 12.2. The largest absolute Gasteiger partial charge is 0.493 e. The summed E-state index contributed by atoms with van der Waals surface area (Å²) in [6.07, 6.45) is 0. The number of hydrogen-bond donors (Lipinski definition) is 3. The fraction of sp³-hybridized carbons (Fsp3) is 0.471. The molecule has 1 atom stereocenters. The normalized spacial score (nSPS) is 11.4. The Kier molecular flexibility index (Phi) is 7.71. The highest BCUT2D eigenvalue weighted by Crippen LogP contribution is 2.27. The number of carbonyl (C=O) groups excluding carboxylic acids is 3. The number of amides is 3. The minimum atomic E-state index is -0.743. The predicted molar refractivity (Wildman–Crippen MR) is 92.2 cm³/mol. The lowest BCUT2D eigenvalue weighted by Gasteiger charge is -2.21. The average Bonchev–Trinajstić information content (AvgIpc) is 2.57. The molecule has 0 saturated heterocycles. The van der Waals surface area contributed by atoms with Gasteiger partial charge < -0.3 is 14.8 Å². The highest BCUT2D eigenvalue weighted by atomic mass is 16.5. The summed E-state index contributed by atoms with van der Waals surface area (Å²) in [5, 5.41) is 2.54. The molecule has 0 bridgehead atoms. The van der Waals surface area contributed by atoms with Crippen molar-refractivity contribution in [1.29, 1.82) is 0 Å². The van der Waals surface area contributed by atoms with Gasteiger partial charge in [0.2, 0.25) is 5.91 Å². The van der Waals surface area contributed by atoms with Crippen LogP contribution in [-0.4, -0.2) is 37.5 Å². The number of rotatable bonds is 7. The summed E-state index contributed by atoms with van der Waals surface area (Å²) in [5.74, 6) is -0.533. The molecule has 0 spiro atoms. The molecule has 25 heavy (non-hydrogen) atoms. The first-order valence-electron chi connectivity index (χ1n) is 7.98. The number of methoxy groups -OCH3 is 1. The van der Waals surface area contributed by atoms with E-state index >= 15 is 0 Å². The quantitative estimate of drug-likeness (QED) is 0.636. The molecule has 1 aromatic carbocycles. The minimum Gasteiger partial charge on any atom is -0.493 e. The summed E-state index contributed by atoms with van der Waals surface area (Å²) in [6.45, 7) is 7.22. The molecular weight excluding hydrogens is 326 g/mol. The van der Waals surface area contributed by atoms with Gasteiger partial charge in [0.25, 0.3) is 11.8 Å². The summed E-state index contributed by atoms with van der Waals surface area (Å²) in [7, 11) is 1.47. The monoisotopic (exact) mass is 351 g/mol. The molecule has 0 aliphatic heterocycles. The van der Waals surface area contributed by atoms with Gasteiger partial charge >= 0.3 is 0 Å². The third-order valence-electron chi connectivity index (χ3n) is 3.33. The van der Waals surface area contributed by atoms with E-state index in [1.165, 1.54) is 20.1 Å². The standard InChI is InChI=1S/C17H25N3O5/c1-6-25-13-8-7-12(9-14(13)24-5)16(22)19-20-17(23)15(10(2)3)18-11(4)21/h7-10,15H,6H2,1-5H3,(H,18,21)(H,19,22)(H,20,23)/t15-/m0/s1. The molecule has 0 unspecified atom stereocenters. The van der Waals surface area contributed by atoms with Gasteiger partial charge in [-0.15, -0.1) is 0 Å². The van der Waals surface area contributed by atoms with Gasteiger partial charge in [0.15, 0.2) is 11.5 Å². The van der Waals surface area contributed by atoms with Crippen LogP contribution < -0.4 is 25.6 Å². The smallest absolute Gasteiger partial charge is 0.269 e. The van der Waals surface area contributed by atoms with E-state index in [2.05, 4.69) is 16.2 Å². The van der Waals surface area contributed by atoms with Crippen molar-refractivity contribution in [1.82, 2.24) is 16.2 Å². The van der Waals surface area contributed by atoms with Crippen molar-refractivity contribution in [3.05, 3.63) is 23.8 Å². The Balaban J connectivity index is 2.75. The highest BCUT2D eigenvalue weighted by molar-refractivity contribution is 5.96. The molecule has 0 aliphatic rings. The highest BCUT2D eigenvalue weighted by Gasteiger charge is 2.23. The second-order valence-electron chi connectivity index (χ2n) is 5.66. The first-order valence-corrected chi connectivity index (χ1v) is 7.98. The number of hydrogen-bond acceptors (Lipinski definition) is 5. The molecule has 138 valence electrons. The van der Waals surface area contributed by atoms with E-state index in [9.17, 15) is 14.4 Å².